The van der Waals surface area contributed by atoms with Gasteiger partial charge in [0.1, 0.15) is 23.2 Å². The van der Waals surface area contributed by atoms with Crippen molar-refractivity contribution in [1.29, 1.82) is 0 Å². The molecule has 0 aromatic heterocycles. The quantitative estimate of drug-likeness (QED) is 0.318. The second-order valence-electron chi connectivity index (χ2n) is 11.1. The highest BCUT2D eigenvalue weighted by Crippen LogP contribution is 2.66. The molecule has 0 radical (unpaired) electrons. The molecule has 3 aromatic carbocycles. The van der Waals surface area contributed by atoms with Gasteiger partial charge >= 0.3 is 5.97 Å². The van der Waals surface area contributed by atoms with Crippen LogP contribution in [0.4, 0.5) is 0 Å². The fourth-order valence-electron chi connectivity index (χ4n) is 6.99. The van der Waals surface area contributed by atoms with Crippen molar-refractivity contribution in [2.24, 2.45) is 0 Å². The summed E-state index contributed by atoms with van der Waals surface area (Å²) in [5.41, 5.74) is 5.85. The summed E-state index contributed by atoms with van der Waals surface area (Å²) < 4.78 is 46.7. The average molecular weight is 547 g/mol. The van der Waals surface area contributed by atoms with E-state index in [-0.39, 0.29) is 13.0 Å². The van der Waals surface area contributed by atoms with Crippen molar-refractivity contribution in [2.45, 2.75) is 67.7 Å². The lowest BCUT2D eigenvalue weighted by atomic mass is 9.94. The molecule has 0 spiro atoms. The summed E-state index contributed by atoms with van der Waals surface area (Å²) in [5.74, 6) is 1.25. The van der Waals surface area contributed by atoms with E-state index in [0.717, 1.165) is 11.1 Å². The van der Waals surface area contributed by atoms with Crippen molar-refractivity contribution in [1.82, 2.24) is 0 Å². The lowest BCUT2D eigenvalue weighted by Crippen LogP contribution is -2.42. The van der Waals surface area contributed by atoms with Gasteiger partial charge in [0.2, 0.25) is 0 Å². The van der Waals surface area contributed by atoms with Gasteiger partial charge in [-0.15, -0.1) is 0 Å². The molecular weight excluding hydrogens is 516 g/mol. The minimum absolute atomic E-state index is 0.277. The van der Waals surface area contributed by atoms with Crippen LogP contribution in [0.1, 0.15) is 52.0 Å². The minimum Gasteiger partial charge on any atom is -0.481 e. The highest BCUT2D eigenvalue weighted by molar-refractivity contribution is 7.87. The van der Waals surface area contributed by atoms with Crippen LogP contribution < -0.4 is 4.74 Å². The van der Waals surface area contributed by atoms with Crippen LogP contribution in [0, 0.1) is 13.8 Å². The third-order valence-electron chi connectivity index (χ3n) is 8.65. The second-order valence-corrected chi connectivity index (χ2v) is 12.9. The predicted octanol–water partition coefficient (Wildman–Crippen LogP) is 4.53. The summed E-state index contributed by atoms with van der Waals surface area (Å²) in [7, 11) is -3.66. The Labute approximate surface area is 228 Å². The Kier molecular flexibility index (Phi) is 5.84. The number of rotatable bonds is 7. The van der Waals surface area contributed by atoms with Gasteiger partial charge in [0, 0.05) is 0 Å². The number of hydrogen-bond donors (Lipinski definition) is 0. The number of benzene rings is 3. The van der Waals surface area contributed by atoms with Gasteiger partial charge < -0.3 is 14.2 Å². The van der Waals surface area contributed by atoms with Crippen LogP contribution in [0.25, 0.3) is 0 Å². The van der Waals surface area contributed by atoms with E-state index in [9.17, 15) is 13.2 Å². The van der Waals surface area contributed by atoms with Crippen molar-refractivity contribution in [3.63, 3.8) is 0 Å². The average Bonchev–Trinajstić information content (AvgIpc) is 3.30. The molecule has 3 aliphatic heterocycles. The molecule has 3 heterocycles. The topological polar surface area (TPSA) is 88.1 Å². The summed E-state index contributed by atoms with van der Waals surface area (Å²) in [5, 5.41) is -0.656. The highest BCUT2D eigenvalue weighted by atomic mass is 32.2. The second kappa shape index (κ2) is 9.18. The molecule has 202 valence electrons. The van der Waals surface area contributed by atoms with E-state index in [4.69, 9.17) is 18.4 Å². The van der Waals surface area contributed by atoms with Gasteiger partial charge in [-0.3, -0.25) is 4.18 Å². The largest absolute Gasteiger partial charge is 0.481 e. The van der Waals surface area contributed by atoms with Crippen molar-refractivity contribution in [2.75, 3.05) is 6.61 Å². The lowest BCUT2D eigenvalue weighted by molar-refractivity contribution is -0.157. The summed E-state index contributed by atoms with van der Waals surface area (Å²) in [6, 6.07) is 25.6. The van der Waals surface area contributed by atoms with Crippen molar-refractivity contribution < 1.29 is 31.6 Å². The van der Waals surface area contributed by atoms with E-state index in [1.54, 1.807) is 0 Å². The number of hydrogen-bond acceptors (Lipinski definition) is 7. The van der Waals surface area contributed by atoms with Gasteiger partial charge in [-0.2, -0.15) is 8.42 Å². The summed E-state index contributed by atoms with van der Waals surface area (Å²) in [6.07, 6.45) is -2.22. The first-order valence-corrected chi connectivity index (χ1v) is 14.9. The predicted molar refractivity (Wildman–Crippen MR) is 143 cm³/mol. The number of fused-ring (bicyclic) bond motifs is 1. The van der Waals surface area contributed by atoms with Gasteiger partial charge in [0.05, 0.1) is 6.10 Å². The molecule has 0 N–H and O–H groups in total. The van der Waals surface area contributed by atoms with Crippen LogP contribution in [0.5, 0.6) is 5.75 Å². The standard InChI is InChI=1S/C31H30O7S/c1-17-13-21(27-25(19-9-5-3-6-10-19)26(27)20-11-7-4-8-12-20)14-18(2)28(17)35-16-24(32)37-29-22-15-23-30(36-22)31(29)38-39(23,33)34/h3-14,22-23,25-27,29-31H,15-16H2,1-2H3. The first-order valence-electron chi connectivity index (χ1n) is 13.4. The van der Waals surface area contributed by atoms with Crippen molar-refractivity contribution in [3.05, 3.63) is 101 Å². The first-order chi connectivity index (χ1) is 18.8. The number of esters is 1. The maximum atomic E-state index is 12.7. The van der Waals surface area contributed by atoms with E-state index >= 15 is 0 Å². The smallest absolute Gasteiger partial charge is 0.344 e. The Morgan fingerprint density at radius 1 is 0.846 bits per heavy atom. The van der Waals surface area contributed by atoms with Crippen LogP contribution in [0.15, 0.2) is 72.8 Å². The molecule has 4 aliphatic rings. The molecule has 7 atom stereocenters. The molecule has 8 heteroatoms. The molecule has 1 saturated carbocycles. The SMILES string of the molecule is Cc1cc(C2C(c3ccccc3)C2c2ccccc2)cc(C)c1OCC(=O)OC1C2CC3C(O2)C1OS3(=O)=O. The molecule has 7 rings (SSSR count). The molecule has 1 aliphatic carbocycles. The molecule has 39 heavy (non-hydrogen) atoms. The third-order valence-corrected chi connectivity index (χ3v) is 10.3. The molecule has 3 saturated heterocycles. The molecular formula is C31H30O7S. The minimum atomic E-state index is -3.66. The van der Waals surface area contributed by atoms with Gasteiger partial charge in [-0.25, -0.2) is 4.79 Å². The van der Waals surface area contributed by atoms with E-state index in [2.05, 4.69) is 60.7 Å². The van der Waals surface area contributed by atoms with Crippen LogP contribution in [-0.4, -0.2) is 50.7 Å². The number of carbonyl (C=O) groups excluding carboxylic acids is 1. The molecule has 7 unspecified atom stereocenters. The number of aryl methyl sites for hydroxylation is 2. The van der Waals surface area contributed by atoms with Crippen LogP contribution >= 0.6 is 0 Å². The highest BCUT2D eigenvalue weighted by Gasteiger charge is 2.67. The Balaban J connectivity index is 1.06. The zero-order valence-corrected chi connectivity index (χ0v) is 22.5. The maximum absolute atomic E-state index is 12.7. The van der Waals surface area contributed by atoms with Crippen LogP contribution in [0.2, 0.25) is 0 Å². The van der Waals surface area contributed by atoms with Gasteiger partial charge in [-0.05, 0) is 65.8 Å². The number of ether oxygens (including phenoxy) is 3. The maximum Gasteiger partial charge on any atom is 0.344 e. The van der Waals surface area contributed by atoms with E-state index < -0.39 is 45.8 Å². The van der Waals surface area contributed by atoms with Crippen LogP contribution in [0.3, 0.4) is 0 Å². The van der Waals surface area contributed by atoms with Crippen molar-refractivity contribution >= 4 is 16.1 Å². The fourth-order valence-corrected chi connectivity index (χ4v) is 8.64. The fraction of sp³-hybridized carbons (Fsp3) is 0.387. The molecule has 4 fully saturated rings. The summed E-state index contributed by atoms with van der Waals surface area (Å²) in [6.45, 7) is 3.71. The zero-order chi connectivity index (χ0) is 26.9. The van der Waals surface area contributed by atoms with Gasteiger partial charge in [0.25, 0.3) is 10.1 Å². The molecule has 2 bridgehead atoms. The normalized spacial score (nSPS) is 33.2. The molecule has 7 nitrogen and oxygen atoms in total. The van der Waals surface area contributed by atoms with Crippen molar-refractivity contribution in [3.8, 4) is 5.75 Å². The molecule has 0 amide bonds. The lowest BCUT2D eigenvalue weighted by Gasteiger charge is -2.22. The Morgan fingerprint density at radius 3 is 2.00 bits per heavy atom. The van der Waals surface area contributed by atoms with E-state index in [0.29, 0.717) is 23.5 Å². The summed E-state index contributed by atoms with van der Waals surface area (Å²) in [4.78, 5) is 12.7. The zero-order valence-electron chi connectivity index (χ0n) is 21.7. The Hall–Kier alpha value is -3.20. The first kappa shape index (κ1) is 24.8. The van der Waals surface area contributed by atoms with E-state index in [1.165, 1.54) is 16.7 Å². The Bertz CT molecular complexity index is 1450. The van der Waals surface area contributed by atoms with Gasteiger partial charge in [-0.1, -0.05) is 72.8 Å². The summed E-state index contributed by atoms with van der Waals surface area (Å²) >= 11 is 0. The monoisotopic (exact) mass is 546 g/mol. The van der Waals surface area contributed by atoms with E-state index in [1.807, 2.05) is 26.0 Å². The van der Waals surface area contributed by atoms with Crippen LogP contribution in [-0.2, 0) is 28.6 Å². The third kappa shape index (κ3) is 4.17. The number of carbonyl (C=O) groups is 1. The molecule has 3 aromatic rings. The Morgan fingerprint density at radius 2 is 1.41 bits per heavy atom. The van der Waals surface area contributed by atoms with Gasteiger partial charge in [0.15, 0.2) is 12.7 Å².